The Morgan fingerprint density at radius 1 is 0.800 bits per heavy atom. The lowest BCUT2D eigenvalue weighted by atomic mass is 9.97. The van der Waals surface area contributed by atoms with Crippen LogP contribution in [0.25, 0.3) is 0 Å². The van der Waals surface area contributed by atoms with E-state index in [0.29, 0.717) is 70.2 Å². The number of hydrogen-bond acceptors (Lipinski definition) is 12. The van der Waals surface area contributed by atoms with E-state index in [9.17, 15) is 19.8 Å². The molecule has 2 aromatic carbocycles. The molecule has 0 amide bonds. The lowest BCUT2D eigenvalue weighted by molar-refractivity contribution is -0.186. The zero-order valence-electron chi connectivity index (χ0n) is 26.2. The van der Waals surface area contributed by atoms with Gasteiger partial charge in [-0.25, -0.2) is 9.59 Å². The zero-order valence-corrected chi connectivity index (χ0v) is 26.2. The molecule has 2 saturated heterocycles. The number of nitrogens with zero attached hydrogens (tertiary/aromatic N) is 2. The summed E-state index contributed by atoms with van der Waals surface area (Å²) in [6.07, 6.45) is 1.76. The van der Waals surface area contributed by atoms with Gasteiger partial charge in [0.25, 0.3) is 0 Å². The third-order valence-electron chi connectivity index (χ3n) is 8.21. The molecule has 0 aliphatic carbocycles. The highest BCUT2D eigenvalue weighted by Gasteiger charge is 2.41. The highest BCUT2D eigenvalue weighted by atomic mass is 16.7. The Kier molecular flexibility index (Phi) is 13.7. The molecule has 248 valence electrons. The van der Waals surface area contributed by atoms with Crippen molar-refractivity contribution in [3.05, 3.63) is 71.8 Å². The standard InChI is InChI=1S/C33H48N4O8/c1-2-3-22-44-30(38)29(34-32(40,27-10-6-4-7-11-27)14-16-36-18-23-42-24-19-36)31(39)45-35-33(41,28-12-8-5-9-13-28)15-17-37-20-25-43-26-21-37/h4-13,29,34-35,40-41H,2-3,14-26H2,1H3/t29-,32-,33-/m0/s1. The van der Waals surface area contributed by atoms with Crippen LogP contribution in [0.15, 0.2) is 60.7 Å². The molecule has 0 radical (unpaired) electrons. The molecule has 4 rings (SSSR count). The van der Waals surface area contributed by atoms with Gasteiger partial charge in [-0.05, 0) is 12.0 Å². The first-order valence-electron chi connectivity index (χ1n) is 15.9. The van der Waals surface area contributed by atoms with Crippen LogP contribution in [-0.4, -0.2) is 110 Å². The minimum absolute atomic E-state index is 0.110. The molecule has 2 heterocycles. The van der Waals surface area contributed by atoms with Gasteiger partial charge in [-0.1, -0.05) is 74.0 Å². The Morgan fingerprint density at radius 3 is 1.80 bits per heavy atom. The van der Waals surface area contributed by atoms with Crippen molar-refractivity contribution in [2.45, 2.75) is 50.1 Å². The Bertz CT molecular complexity index is 1160. The fraction of sp³-hybridized carbons (Fsp3) is 0.576. The quantitative estimate of drug-likeness (QED) is 0.0663. The molecule has 2 fully saturated rings. The van der Waals surface area contributed by atoms with Gasteiger partial charge in [0, 0.05) is 57.7 Å². The highest BCUT2D eigenvalue weighted by Crippen LogP contribution is 2.26. The predicted molar refractivity (Wildman–Crippen MR) is 166 cm³/mol. The number of rotatable bonds is 17. The maximum Gasteiger partial charge on any atom is 0.353 e. The zero-order chi connectivity index (χ0) is 32.0. The third kappa shape index (κ3) is 10.5. The molecule has 45 heavy (non-hydrogen) atoms. The Labute approximate surface area is 265 Å². The summed E-state index contributed by atoms with van der Waals surface area (Å²) < 4.78 is 16.3. The molecule has 3 atom stereocenters. The van der Waals surface area contributed by atoms with Crippen molar-refractivity contribution < 1.29 is 38.9 Å². The van der Waals surface area contributed by atoms with Gasteiger partial charge in [-0.15, -0.1) is 5.48 Å². The van der Waals surface area contributed by atoms with Crippen molar-refractivity contribution in [1.82, 2.24) is 20.6 Å². The molecular formula is C33H48N4O8. The number of nitrogens with one attached hydrogen (secondary N) is 2. The third-order valence-corrected chi connectivity index (χ3v) is 8.21. The van der Waals surface area contributed by atoms with Gasteiger partial charge in [0.15, 0.2) is 5.72 Å². The number of aliphatic hydroxyl groups is 2. The van der Waals surface area contributed by atoms with E-state index in [1.807, 2.05) is 19.1 Å². The van der Waals surface area contributed by atoms with E-state index in [0.717, 1.165) is 19.5 Å². The Hall–Kier alpha value is -2.94. The number of morpholine rings is 2. The molecule has 0 saturated carbocycles. The maximum atomic E-state index is 13.7. The van der Waals surface area contributed by atoms with E-state index in [1.54, 1.807) is 48.5 Å². The number of hydroxylamine groups is 1. The van der Waals surface area contributed by atoms with Crippen molar-refractivity contribution in [2.24, 2.45) is 0 Å². The number of benzene rings is 2. The van der Waals surface area contributed by atoms with Crippen molar-refractivity contribution in [1.29, 1.82) is 0 Å². The second kappa shape index (κ2) is 17.7. The Morgan fingerprint density at radius 2 is 1.29 bits per heavy atom. The maximum absolute atomic E-state index is 13.7. The van der Waals surface area contributed by atoms with Crippen molar-refractivity contribution >= 4 is 11.9 Å². The summed E-state index contributed by atoms with van der Waals surface area (Å²) in [5.41, 5.74) is 0.00549. The number of carbonyl (C=O) groups excluding carboxylic acids is 2. The minimum atomic E-state index is -1.78. The molecule has 2 aliphatic heterocycles. The van der Waals surface area contributed by atoms with Gasteiger partial charge in [0.05, 0.1) is 33.0 Å². The molecule has 0 spiro atoms. The summed E-state index contributed by atoms with van der Waals surface area (Å²) in [5.74, 6) is -1.93. The molecule has 2 aliphatic rings. The van der Waals surface area contributed by atoms with E-state index in [4.69, 9.17) is 19.0 Å². The van der Waals surface area contributed by atoms with Crippen LogP contribution >= 0.6 is 0 Å². The summed E-state index contributed by atoms with van der Waals surface area (Å²) in [6.45, 7) is 8.34. The first-order chi connectivity index (χ1) is 21.8. The highest BCUT2D eigenvalue weighted by molar-refractivity contribution is 5.99. The van der Waals surface area contributed by atoms with Crippen LogP contribution in [0.5, 0.6) is 0 Å². The van der Waals surface area contributed by atoms with Gasteiger partial charge in [0.2, 0.25) is 6.04 Å². The molecule has 4 N–H and O–H groups in total. The molecule has 2 aromatic rings. The summed E-state index contributed by atoms with van der Waals surface area (Å²) in [6, 6.07) is 16.0. The van der Waals surface area contributed by atoms with Crippen LogP contribution in [0.1, 0.15) is 43.7 Å². The van der Waals surface area contributed by atoms with Crippen LogP contribution < -0.4 is 10.8 Å². The fourth-order valence-corrected chi connectivity index (χ4v) is 5.32. The van der Waals surface area contributed by atoms with Crippen molar-refractivity contribution in [3.8, 4) is 0 Å². The first-order valence-corrected chi connectivity index (χ1v) is 15.9. The van der Waals surface area contributed by atoms with Gasteiger partial charge in [-0.3, -0.25) is 15.1 Å². The number of esters is 1. The second-order valence-electron chi connectivity index (χ2n) is 11.5. The second-order valence-corrected chi connectivity index (χ2v) is 11.5. The van der Waals surface area contributed by atoms with E-state index < -0.39 is 29.4 Å². The van der Waals surface area contributed by atoms with Gasteiger partial charge >= 0.3 is 11.9 Å². The van der Waals surface area contributed by atoms with Gasteiger partial charge in [0.1, 0.15) is 5.72 Å². The van der Waals surface area contributed by atoms with E-state index in [-0.39, 0.29) is 19.4 Å². The molecule has 12 nitrogen and oxygen atoms in total. The molecular weight excluding hydrogens is 580 g/mol. The monoisotopic (exact) mass is 628 g/mol. The predicted octanol–water partition coefficient (Wildman–Crippen LogP) is 1.47. The fourth-order valence-electron chi connectivity index (χ4n) is 5.32. The minimum Gasteiger partial charge on any atom is -0.464 e. The molecule has 0 aromatic heterocycles. The van der Waals surface area contributed by atoms with E-state index in [1.165, 1.54) is 0 Å². The SMILES string of the molecule is CCCCOC(=O)[C@H](N[C@](O)(CCN1CCOCC1)c1ccccc1)C(=O)ON[C@](O)(CCN1CCOCC1)c1ccccc1. The number of hydrogen-bond donors (Lipinski definition) is 4. The summed E-state index contributed by atoms with van der Waals surface area (Å²) in [5, 5.41) is 26.6. The van der Waals surface area contributed by atoms with Crippen LogP contribution in [0, 0.1) is 0 Å². The summed E-state index contributed by atoms with van der Waals surface area (Å²) >= 11 is 0. The number of ether oxygens (including phenoxy) is 3. The lowest BCUT2D eigenvalue weighted by Crippen LogP contribution is -2.58. The lowest BCUT2D eigenvalue weighted by Gasteiger charge is -2.36. The average molecular weight is 629 g/mol. The van der Waals surface area contributed by atoms with Gasteiger partial charge < -0.3 is 29.3 Å². The van der Waals surface area contributed by atoms with Crippen LogP contribution in [0.2, 0.25) is 0 Å². The smallest absolute Gasteiger partial charge is 0.353 e. The summed E-state index contributed by atoms with van der Waals surface area (Å²) in [4.78, 5) is 36.9. The normalized spacial score (nSPS) is 19.6. The van der Waals surface area contributed by atoms with Crippen LogP contribution in [-0.2, 0) is 40.1 Å². The first kappa shape index (κ1) is 34.9. The number of unbranched alkanes of at least 4 members (excludes halogenated alkanes) is 1. The molecule has 0 unspecified atom stereocenters. The number of carbonyl (C=O) groups is 2. The van der Waals surface area contributed by atoms with Crippen LogP contribution in [0.4, 0.5) is 0 Å². The van der Waals surface area contributed by atoms with Crippen molar-refractivity contribution in [2.75, 3.05) is 72.3 Å². The molecule has 12 heteroatoms. The molecule has 0 bridgehead atoms. The summed E-state index contributed by atoms with van der Waals surface area (Å²) in [7, 11) is 0. The Balaban J connectivity index is 1.53. The van der Waals surface area contributed by atoms with Gasteiger partial charge in [-0.2, -0.15) is 0 Å². The van der Waals surface area contributed by atoms with Crippen LogP contribution in [0.3, 0.4) is 0 Å². The topological polar surface area (TPSA) is 142 Å². The average Bonchev–Trinajstić information content (AvgIpc) is 3.09. The van der Waals surface area contributed by atoms with Crippen molar-refractivity contribution in [3.63, 3.8) is 0 Å². The largest absolute Gasteiger partial charge is 0.464 e. The van der Waals surface area contributed by atoms with E-state index in [2.05, 4.69) is 20.6 Å². The van der Waals surface area contributed by atoms with E-state index >= 15 is 0 Å².